The van der Waals surface area contributed by atoms with E-state index in [1.54, 1.807) is 0 Å². The molecule has 2 rings (SSSR count). The van der Waals surface area contributed by atoms with Gasteiger partial charge in [-0.15, -0.1) is 0 Å². The lowest BCUT2D eigenvalue weighted by molar-refractivity contribution is 0.627. The van der Waals surface area contributed by atoms with Crippen LogP contribution < -0.4 is 0 Å². The van der Waals surface area contributed by atoms with Crippen LogP contribution in [0.15, 0.2) is 18.2 Å². The quantitative estimate of drug-likeness (QED) is 0.825. The van der Waals surface area contributed by atoms with Gasteiger partial charge in [0.1, 0.15) is 16.3 Å². The van der Waals surface area contributed by atoms with Gasteiger partial charge in [0.25, 0.3) is 0 Å². The van der Waals surface area contributed by atoms with Crippen molar-refractivity contribution in [3.8, 4) is 11.4 Å². The van der Waals surface area contributed by atoms with Crippen LogP contribution >= 0.6 is 12.2 Å². The summed E-state index contributed by atoms with van der Waals surface area (Å²) in [7, 11) is 0. The number of aromatic nitrogens is 2. The predicted molar refractivity (Wildman–Crippen MR) is 73.7 cm³/mol. The van der Waals surface area contributed by atoms with Gasteiger partial charge >= 0.3 is 0 Å². The Morgan fingerprint density at radius 2 is 2.00 bits per heavy atom. The van der Waals surface area contributed by atoms with E-state index < -0.39 is 0 Å². The second-order valence-corrected chi connectivity index (χ2v) is 4.75. The molecule has 0 spiro atoms. The Kier molecular flexibility index (Phi) is 3.57. The second kappa shape index (κ2) is 4.98. The van der Waals surface area contributed by atoms with E-state index in [0.29, 0.717) is 10.5 Å². The van der Waals surface area contributed by atoms with Gasteiger partial charge in [-0.1, -0.05) is 19.1 Å². The topological polar surface area (TPSA) is 28.7 Å². The van der Waals surface area contributed by atoms with Crippen LogP contribution in [0.5, 0.6) is 0 Å². The third-order valence-electron chi connectivity index (χ3n) is 2.93. The molecular formula is C14H15FN2S. The lowest BCUT2D eigenvalue weighted by Gasteiger charge is -2.08. The molecule has 0 amide bonds. The van der Waals surface area contributed by atoms with Crippen LogP contribution in [-0.4, -0.2) is 9.97 Å². The monoisotopic (exact) mass is 262 g/mol. The molecule has 4 heteroatoms. The molecule has 2 nitrogen and oxygen atoms in total. The van der Waals surface area contributed by atoms with E-state index in [1.807, 2.05) is 26.8 Å². The van der Waals surface area contributed by atoms with Gasteiger partial charge in [-0.2, -0.15) is 0 Å². The molecule has 1 N–H and O–H groups in total. The first kappa shape index (κ1) is 12.9. The number of nitrogens with zero attached hydrogens (tertiary/aromatic N) is 1. The zero-order valence-corrected chi connectivity index (χ0v) is 11.5. The van der Waals surface area contributed by atoms with Crippen molar-refractivity contribution in [2.75, 3.05) is 0 Å². The van der Waals surface area contributed by atoms with Crippen molar-refractivity contribution in [3.05, 3.63) is 45.5 Å². The van der Waals surface area contributed by atoms with Gasteiger partial charge in [0.2, 0.25) is 0 Å². The number of hydrogen-bond acceptors (Lipinski definition) is 2. The minimum atomic E-state index is -0.259. The van der Waals surface area contributed by atoms with Gasteiger partial charge in [-0.3, -0.25) is 0 Å². The molecule has 2 aromatic rings. The minimum absolute atomic E-state index is 0.259. The van der Waals surface area contributed by atoms with E-state index in [9.17, 15) is 4.39 Å². The van der Waals surface area contributed by atoms with Crippen molar-refractivity contribution in [3.63, 3.8) is 0 Å². The maximum absolute atomic E-state index is 13.4. The van der Waals surface area contributed by atoms with Crippen molar-refractivity contribution in [1.82, 2.24) is 9.97 Å². The summed E-state index contributed by atoms with van der Waals surface area (Å²) >= 11 is 5.24. The molecule has 0 aliphatic carbocycles. The number of halogens is 1. The standard InChI is InChI=1S/C14H15FN2S/c1-4-12-9(3)14(18)17-13(16-12)10-5-8(2)6-11(15)7-10/h5-7H,4H2,1-3H3,(H,16,17,18). The molecule has 1 aromatic carbocycles. The fourth-order valence-corrected chi connectivity index (χ4v) is 2.16. The van der Waals surface area contributed by atoms with Gasteiger partial charge in [-0.05, 0) is 44.0 Å². The Morgan fingerprint density at radius 3 is 2.61 bits per heavy atom. The molecule has 0 aliphatic rings. The lowest BCUT2D eigenvalue weighted by atomic mass is 10.1. The highest BCUT2D eigenvalue weighted by atomic mass is 32.1. The highest BCUT2D eigenvalue weighted by Crippen LogP contribution is 2.20. The smallest absolute Gasteiger partial charge is 0.139 e. The normalized spacial score (nSPS) is 10.7. The first-order chi connectivity index (χ1) is 8.51. The molecule has 94 valence electrons. The maximum atomic E-state index is 13.4. The molecule has 0 saturated heterocycles. The Labute approximate surface area is 111 Å². The molecule has 0 bridgehead atoms. The van der Waals surface area contributed by atoms with Gasteiger partial charge < -0.3 is 4.98 Å². The second-order valence-electron chi connectivity index (χ2n) is 4.36. The highest BCUT2D eigenvalue weighted by molar-refractivity contribution is 7.71. The molecular weight excluding hydrogens is 247 g/mol. The summed E-state index contributed by atoms with van der Waals surface area (Å²) in [6, 6.07) is 4.86. The first-order valence-corrected chi connectivity index (χ1v) is 6.29. The Hall–Kier alpha value is -1.55. The SMILES string of the molecule is CCc1[nH]c(-c2cc(C)cc(F)c2)nc(=S)c1C. The van der Waals surface area contributed by atoms with Crippen LogP contribution in [0.25, 0.3) is 11.4 Å². The van der Waals surface area contributed by atoms with Gasteiger partial charge in [0.15, 0.2) is 0 Å². The predicted octanol–water partition coefficient (Wildman–Crippen LogP) is 4.12. The van der Waals surface area contributed by atoms with Gasteiger partial charge in [0.05, 0.1) is 0 Å². The Balaban J connectivity index is 2.64. The summed E-state index contributed by atoms with van der Waals surface area (Å²) in [4.78, 5) is 7.56. The van der Waals surface area contributed by atoms with Crippen LogP contribution in [0, 0.1) is 24.3 Å². The van der Waals surface area contributed by atoms with Crippen LogP contribution in [0.3, 0.4) is 0 Å². The van der Waals surface area contributed by atoms with Crippen molar-refractivity contribution >= 4 is 12.2 Å². The molecule has 1 aromatic heterocycles. The maximum Gasteiger partial charge on any atom is 0.139 e. The van der Waals surface area contributed by atoms with E-state index in [0.717, 1.165) is 28.8 Å². The van der Waals surface area contributed by atoms with Crippen molar-refractivity contribution in [1.29, 1.82) is 0 Å². The van der Waals surface area contributed by atoms with Crippen molar-refractivity contribution < 1.29 is 4.39 Å². The zero-order valence-electron chi connectivity index (χ0n) is 10.7. The molecule has 0 fully saturated rings. The van der Waals surface area contributed by atoms with Crippen LogP contribution in [0.2, 0.25) is 0 Å². The van der Waals surface area contributed by atoms with E-state index in [4.69, 9.17) is 12.2 Å². The number of benzene rings is 1. The van der Waals surface area contributed by atoms with Crippen LogP contribution in [0.4, 0.5) is 4.39 Å². The average Bonchev–Trinajstić information content (AvgIpc) is 2.31. The number of H-pyrrole nitrogens is 1. The number of rotatable bonds is 2. The van der Waals surface area contributed by atoms with Crippen molar-refractivity contribution in [2.45, 2.75) is 27.2 Å². The number of nitrogens with one attached hydrogen (secondary N) is 1. The zero-order chi connectivity index (χ0) is 13.3. The molecule has 0 atom stereocenters. The highest BCUT2D eigenvalue weighted by Gasteiger charge is 2.07. The molecule has 0 unspecified atom stereocenters. The summed E-state index contributed by atoms with van der Waals surface area (Å²) in [5.74, 6) is 0.370. The number of aromatic amines is 1. The summed E-state index contributed by atoms with van der Waals surface area (Å²) in [6.45, 7) is 5.86. The van der Waals surface area contributed by atoms with Crippen LogP contribution in [0.1, 0.15) is 23.7 Å². The van der Waals surface area contributed by atoms with Crippen molar-refractivity contribution in [2.24, 2.45) is 0 Å². The largest absolute Gasteiger partial charge is 0.343 e. The van der Waals surface area contributed by atoms with Gasteiger partial charge in [0, 0.05) is 16.8 Å². The van der Waals surface area contributed by atoms with Gasteiger partial charge in [-0.25, -0.2) is 9.37 Å². The van der Waals surface area contributed by atoms with Crippen LogP contribution in [-0.2, 0) is 6.42 Å². The minimum Gasteiger partial charge on any atom is -0.343 e. The van der Waals surface area contributed by atoms with E-state index in [2.05, 4.69) is 9.97 Å². The molecule has 0 aliphatic heterocycles. The number of hydrogen-bond donors (Lipinski definition) is 1. The van der Waals surface area contributed by atoms with E-state index >= 15 is 0 Å². The Morgan fingerprint density at radius 1 is 1.28 bits per heavy atom. The fraction of sp³-hybridized carbons (Fsp3) is 0.286. The number of aryl methyl sites for hydroxylation is 2. The lowest BCUT2D eigenvalue weighted by Crippen LogP contribution is -1.99. The van der Waals surface area contributed by atoms with E-state index in [-0.39, 0.29) is 5.82 Å². The molecule has 0 radical (unpaired) electrons. The first-order valence-electron chi connectivity index (χ1n) is 5.88. The summed E-state index contributed by atoms with van der Waals surface area (Å²) < 4.78 is 14.0. The molecule has 1 heterocycles. The Bertz CT molecular complexity index is 626. The average molecular weight is 262 g/mol. The fourth-order valence-electron chi connectivity index (χ4n) is 1.94. The summed E-state index contributed by atoms with van der Waals surface area (Å²) in [5, 5.41) is 0. The molecule has 18 heavy (non-hydrogen) atoms. The molecule has 0 saturated carbocycles. The third kappa shape index (κ3) is 2.48. The summed E-state index contributed by atoms with van der Waals surface area (Å²) in [5.41, 5.74) is 3.63. The van der Waals surface area contributed by atoms with E-state index in [1.165, 1.54) is 12.1 Å². The third-order valence-corrected chi connectivity index (χ3v) is 3.32. The summed E-state index contributed by atoms with van der Waals surface area (Å²) in [6.07, 6.45) is 0.847.